The number of hydrogen-bond acceptors (Lipinski definition) is 4. The molecule has 0 unspecified atom stereocenters. The molecule has 2 aromatic rings. The van der Waals surface area contributed by atoms with Gasteiger partial charge in [-0.25, -0.2) is 14.2 Å². The maximum atomic E-state index is 14.9. The SMILES string of the molecule is C[Si](C)(C)C#Cc1nc2c(cc1F)n(COCC[Si](C)(C)C)c(=O)n2C1CCOCC1. The topological polar surface area (TPSA) is 58.3 Å². The number of nitrogens with zero attached hydrogens (tertiary/aromatic N) is 3. The minimum absolute atomic E-state index is 0.0252. The molecule has 1 fully saturated rings. The Hall–Kier alpha value is -1.74. The zero-order chi connectivity index (χ0) is 22.8. The fourth-order valence-corrected chi connectivity index (χ4v) is 4.69. The number of imidazole rings is 1. The molecule has 0 N–H and O–H groups in total. The van der Waals surface area contributed by atoms with Gasteiger partial charge in [0.2, 0.25) is 0 Å². The van der Waals surface area contributed by atoms with Crippen molar-refractivity contribution in [2.75, 3.05) is 19.8 Å². The third-order valence-electron chi connectivity index (χ3n) is 5.22. The molecule has 1 aliphatic rings. The average Bonchev–Trinajstić information content (AvgIpc) is 2.93. The number of fused-ring (bicyclic) bond motifs is 1. The van der Waals surface area contributed by atoms with Crippen molar-refractivity contribution in [2.24, 2.45) is 0 Å². The van der Waals surface area contributed by atoms with E-state index in [1.807, 2.05) is 0 Å². The second kappa shape index (κ2) is 9.40. The Balaban J connectivity index is 2.04. The first-order valence-corrected chi connectivity index (χ1v) is 18.2. The standard InChI is InChI=1S/C22H34FN3O3Si2/c1-30(2,3)13-9-19-18(23)15-20-21(24-19)26(17-7-10-28-11-8-17)22(27)25(20)16-29-12-14-31(4,5)6/h15,17H,7-8,10-12,14,16H2,1-6H3. The zero-order valence-corrected chi connectivity index (χ0v) is 21.5. The smallest absolute Gasteiger partial charge is 0.332 e. The van der Waals surface area contributed by atoms with E-state index in [1.54, 1.807) is 4.57 Å². The predicted octanol–water partition coefficient (Wildman–Crippen LogP) is 4.23. The number of rotatable bonds is 6. The highest BCUT2D eigenvalue weighted by Gasteiger charge is 2.25. The fraction of sp³-hybridized carbons (Fsp3) is 0.636. The largest absolute Gasteiger partial charge is 0.381 e. The van der Waals surface area contributed by atoms with E-state index in [4.69, 9.17) is 9.47 Å². The van der Waals surface area contributed by atoms with Crippen molar-refractivity contribution in [2.45, 2.75) is 70.9 Å². The molecule has 9 heteroatoms. The maximum absolute atomic E-state index is 14.9. The first-order valence-electron chi connectivity index (χ1n) is 11.0. The summed E-state index contributed by atoms with van der Waals surface area (Å²) < 4.78 is 29.4. The van der Waals surface area contributed by atoms with Crippen LogP contribution in [0.3, 0.4) is 0 Å². The van der Waals surface area contributed by atoms with Crippen LogP contribution in [0.2, 0.25) is 45.3 Å². The van der Waals surface area contributed by atoms with Crippen molar-refractivity contribution in [3.05, 3.63) is 28.1 Å². The zero-order valence-electron chi connectivity index (χ0n) is 19.5. The maximum Gasteiger partial charge on any atom is 0.332 e. The van der Waals surface area contributed by atoms with Crippen LogP contribution >= 0.6 is 0 Å². The summed E-state index contributed by atoms with van der Waals surface area (Å²) in [5.41, 5.74) is 4.00. The predicted molar refractivity (Wildman–Crippen MR) is 127 cm³/mol. The summed E-state index contributed by atoms with van der Waals surface area (Å²) in [5.74, 6) is 2.42. The molecule has 0 amide bonds. The Morgan fingerprint density at radius 2 is 1.90 bits per heavy atom. The minimum atomic E-state index is -1.69. The molecule has 0 saturated carbocycles. The third-order valence-corrected chi connectivity index (χ3v) is 7.80. The lowest BCUT2D eigenvalue weighted by Crippen LogP contribution is -2.31. The van der Waals surface area contributed by atoms with Crippen LogP contribution in [0.15, 0.2) is 10.9 Å². The van der Waals surface area contributed by atoms with Crippen LogP contribution in [0.4, 0.5) is 4.39 Å². The number of ether oxygens (including phenoxy) is 2. The molecule has 0 bridgehead atoms. The Kier molecular flexibility index (Phi) is 7.26. The van der Waals surface area contributed by atoms with Gasteiger partial charge in [0.1, 0.15) is 14.8 Å². The van der Waals surface area contributed by atoms with Crippen LogP contribution in [0.5, 0.6) is 0 Å². The normalized spacial score (nSPS) is 15.8. The van der Waals surface area contributed by atoms with E-state index < -0.39 is 22.0 Å². The van der Waals surface area contributed by atoms with Crippen molar-refractivity contribution < 1.29 is 13.9 Å². The second-order valence-electron chi connectivity index (χ2n) is 10.4. The molecular formula is C22H34FN3O3Si2. The fourth-order valence-electron chi connectivity index (χ4n) is 3.43. The molecule has 31 heavy (non-hydrogen) atoms. The van der Waals surface area contributed by atoms with Crippen molar-refractivity contribution in [1.82, 2.24) is 14.1 Å². The van der Waals surface area contributed by atoms with Gasteiger partial charge in [-0.05, 0) is 18.9 Å². The number of halogens is 1. The molecule has 0 atom stereocenters. The van der Waals surface area contributed by atoms with Gasteiger partial charge in [-0.1, -0.05) is 45.2 Å². The molecule has 1 saturated heterocycles. The van der Waals surface area contributed by atoms with Gasteiger partial charge in [0, 0.05) is 40.0 Å². The summed E-state index contributed by atoms with van der Waals surface area (Å²) in [4.78, 5) is 17.9. The summed E-state index contributed by atoms with van der Waals surface area (Å²) >= 11 is 0. The van der Waals surface area contributed by atoms with Crippen LogP contribution in [0.25, 0.3) is 11.2 Å². The van der Waals surface area contributed by atoms with Crippen molar-refractivity contribution >= 4 is 27.3 Å². The molecule has 1 aliphatic heterocycles. The summed E-state index contributed by atoms with van der Waals surface area (Å²) in [6.07, 6.45) is 1.45. The van der Waals surface area contributed by atoms with Crippen molar-refractivity contribution in [3.63, 3.8) is 0 Å². The van der Waals surface area contributed by atoms with Crippen LogP contribution < -0.4 is 5.69 Å². The van der Waals surface area contributed by atoms with Gasteiger partial charge in [-0.15, -0.1) is 5.54 Å². The quantitative estimate of drug-likeness (QED) is 0.365. The number of pyridine rings is 1. The summed E-state index contributed by atoms with van der Waals surface area (Å²) in [6.45, 7) is 15.0. The third kappa shape index (κ3) is 6.16. The van der Waals surface area contributed by atoms with Gasteiger partial charge in [0.15, 0.2) is 17.2 Å². The molecule has 3 heterocycles. The highest BCUT2D eigenvalue weighted by Crippen LogP contribution is 2.25. The van der Waals surface area contributed by atoms with E-state index in [-0.39, 0.29) is 24.2 Å². The molecule has 6 nitrogen and oxygen atoms in total. The lowest BCUT2D eigenvalue weighted by atomic mass is 10.1. The second-order valence-corrected chi connectivity index (χ2v) is 20.8. The van der Waals surface area contributed by atoms with Crippen LogP contribution in [0, 0.1) is 17.3 Å². The van der Waals surface area contributed by atoms with Crippen LogP contribution in [-0.4, -0.2) is 50.1 Å². The number of aromatic nitrogens is 3. The van der Waals surface area contributed by atoms with Gasteiger partial charge in [0.05, 0.1) is 5.52 Å². The first kappa shape index (κ1) is 23.9. The minimum Gasteiger partial charge on any atom is -0.381 e. The molecular weight excluding hydrogens is 429 g/mol. The molecule has 3 rings (SSSR count). The Morgan fingerprint density at radius 3 is 2.52 bits per heavy atom. The van der Waals surface area contributed by atoms with Gasteiger partial charge in [0.25, 0.3) is 0 Å². The Morgan fingerprint density at radius 1 is 1.23 bits per heavy atom. The van der Waals surface area contributed by atoms with Gasteiger partial charge >= 0.3 is 5.69 Å². The summed E-state index contributed by atoms with van der Waals surface area (Å²) in [6, 6.07) is 2.36. The summed E-state index contributed by atoms with van der Waals surface area (Å²) in [7, 11) is -2.94. The molecule has 0 aliphatic carbocycles. The lowest BCUT2D eigenvalue weighted by Gasteiger charge is -2.22. The van der Waals surface area contributed by atoms with E-state index >= 15 is 0 Å². The molecule has 2 aromatic heterocycles. The monoisotopic (exact) mass is 463 g/mol. The first-order chi connectivity index (χ1) is 14.5. The van der Waals surface area contributed by atoms with Gasteiger partial charge in [-0.3, -0.25) is 9.13 Å². The van der Waals surface area contributed by atoms with Crippen molar-refractivity contribution in [3.8, 4) is 11.5 Å². The van der Waals surface area contributed by atoms with Crippen molar-refractivity contribution in [1.29, 1.82) is 0 Å². The van der Waals surface area contributed by atoms with E-state index in [0.29, 0.717) is 31.0 Å². The summed E-state index contributed by atoms with van der Waals surface area (Å²) in [5, 5.41) is 0. The van der Waals surface area contributed by atoms with E-state index in [1.165, 1.54) is 10.6 Å². The van der Waals surface area contributed by atoms with Crippen LogP contribution in [-0.2, 0) is 16.2 Å². The molecule has 0 spiro atoms. The van der Waals surface area contributed by atoms with E-state index in [2.05, 4.69) is 55.7 Å². The molecule has 0 aromatic carbocycles. The molecule has 170 valence electrons. The van der Waals surface area contributed by atoms with E-state index in [9.17, 15) is 9.18 Å². The Bertz CT molecular complexity index is 1050. The average molecular weight is 464 g/mol. The van der Waals surface area contributed by atoms with Gasteiger partial charge in [-0.2, -0.15) is 0 Å². The highest BCUT2D eigenvalue weighted by molar-refractivity contribution is 6.83. The van der Waals surface area contributed by atoms with Gasteiger partial charge < -0.3 is 9.47 Å². The van der Waals surface area contributed by atoms with E-state index in [0.717, 1.165) is 18.9 Å². The highest BCUT2D eigenvalue weighted by atomic mass is 28.3. The Labute approximate surface area is 185 Å². The lowest BCUT2D eigenvalue weighted by molar-refractivity contribution is 0.0669. The molecule has 0 radical (unpaired) electrons. The van der Waals surface area contributed by atoms with Crippen LogP contribution in [0.1, 0.15) is 24.6 Å². The number of hydrogen-bond donors (Lipinski definition) is 0.